The number of anilines is 1. The fourth-order valence-electron chi connectivity index (χ4n) is 1.34. The predicted molar refractivity (Wildman–Crippen MR) is 74.8 cm³/mol. The summed E-state index contributed by atoms with van der Waals surface area (Å²) < 4.78 is 5.25. The van der Waals surface area contributed by atoms with Crippen LogP contribution in [0.3, 0.4) is 0 Å². The number of esters is 1. The maximum Gasteiger partial charge on any atom is 0.337 e. The highest BCUT2D eigenvalue weighted by molar-refractivity contribution is 9.10. The molecule has 8 heteroatoms. The van der Waals surface area contributed by atoms with Crippen molar-refractivity contribution in [3.63, 3.8) is 0 Å². The Morgan fingerprint density at radius 1 is 1.35 bits per heavy atom. The molecule has 0 aliphatic carbocycles. The Morgan fingerprint density at radius 2 is 2.05 bits per heavy atom. The van der Waals surface area contributed by atoms with E-state index in [1.165, 1.54) is 12.1 Å². The van der Waals surface area contributed by atoms with Gasteiger partial charge in [0.15, 0.2) is 0 Å². The number of halogens is 1. The number of hydrogen-bond donors (Lipinski definition) is 3. The van der Waals surface area contributed by atoms with Crippen LogP contribution in [0.2, 0.25) is 0 Å². The second-order valence-electron chi connectivity index (χ2n) is 3.61. The van der Waals surface area contributed by atoms with Crippen LogP contribution >= 0.6 is 15.9 Å². The van der Waals surface area contributed by atoms with E-state index >= 15 is 0 Å². The van der Waals surface area contributed by atoms with E-state index in [0.717, 1.165) is 0 Å². The van der Waals surface area contributed by atoms with Crippen molar-refractivity contribution in [2.24, 2.45) is 0 Å². The van der Waals surface area contributed by atoms with Gasteiger partial charge in [-0.05, 0) is 25.1 Å². The number of benzene rings is 1. The maximum atomic E-state index is 11.6. The molecule has 0 unspecified atom stereocenters. The summed E-state index contributed by atoms with van der Waals surface area (Å²) in [5.74, 6) is -1.74. The largest absolute Gasteiger partial charge is 0.478 e. The summed E-state index contributed by atoms with van der Waals surface area (Å²) in [6, 6.07) is 3.66. The van der Waals surface area contributed by atoms with Crippen LogP contribution in [0.25, 0.3) is 0 Å². The van der Waals surface area contributed by atoms with Crippen LogP contribution in [0.15, 0.2) is 22.7 Å². The second kappa shape index (κ2) is 7.49. The van der Waals surface area contributed by atoms with E-state index in [4.69, 9.17) is 5.11 Å². The minimum absolute atomic E-state index is 0.0560. The van der Waals surface area contributed by atoms with Gasteiger partial charge in [-0.2, -0.15) is 0 Å². The molecule has 0 aromatic heterocycles. The van der Waals surface area contributed by atoms with Gasteiger partial charge in [0.05, 0.1) is 17.9 Å². The lowest BCUT2D eigenvalue weighted by Crippen LogP contribution is -2.34. The Kier molecular flexibility index (Phi) is 5.98. The summed E-state index contributed by atoms with van der Waals surface area (Å²) in [5, 5.41) is 13.6. The van der Waals surface area contributed by atoms with Gasteiger partial charge in [0.2, 0.25) is 0 Å². The Hall–Kier alpha value is -2.09. The van der Waals surface area contributed by atoms with E-state index in [1.807, 2.05) is 0 Å². The zero-order valence-electron chi connectivity index (χ0n) is 10.6. The molecule has 7 nitrogen and oxygen atoms in total. The van der Waals surface area contributed by atoms with Crippen molar-refractivity contribution in [2.75, 3.05) is 18.5 Å². The molecule has 0 bridgehead atoms. The zero-order chi connectivity index (χ0) is 15.1. The van der Waals surface area contributed by atoms with Crippen molar-refractivity contribution < 1.29 is 24.2 Å². The predicted octanol–water partition coefficient (Wildman–Crippen LogP) is 1.83. The molecule has 0 heterocycles. The van der Waals surface area contributed by atoms with Crippen molar-refractivity contribution in [1.29, 1.82) is 0 Å². The Labute approximate surface area is 123 Å². The lowest BCUT2D eigenvalue weighted by Gasteiger charge is -2.10. The van der Waals surface area contributed by atoms with Gasteiger partial charge >= 0.3 is 18.0 Å². The molecule has 108 valence electrons. The van der Waals surface area contributed by atoms with Gasteiger partial charge < -0.3 is 20.5 Å². The van der Waals surface area contributed by atoms with E-state index in [1.54, 1.807) is 13.0 Å². The summed E-state index contributed by atoms with van der Waals surface area (Å²) >= 11 is 3.18. The Balaban J connectivity index is 2.68. The van der Waals surface area contributed by atoms with Crippen molar-refractivity contribution in [3.05, 3.63) is 28.2 Å². The van der Waals surface area contributed by atoms with Gasteiger partial charge in [-0.15, -0.1) is 0 Å². The highest BCUT2D eigenvalue weighted by atomic mass is 79.9. The van der Waals surface area contributed by atoms with Crippen molar-refractivity contribution in [1.82, 2.24) is 5.32 Å². The number of urea groups is 1. The van der Waals surface area contributed by atoms with Crippen LogP contribution in [0.4, 0.5) is 10.5 Å². The molecule has 3 N–H and O–H groups in total. The minimum atomic E-state index is -1.17. The van der Waals surface area contributed by atoms with Gasteiger partial charge in [-0.25, -0.2) is 9.59 Å². The maximum absolute atomic E-state index is 11.6. The third-order valence-corrected chi connectivity index (χ3v) is 2.65. The van der Waals surface area contributed by atoms with Gasteiger partial charge in [0, 0.05) is 4.47 Å². The number of hydrogen-bond acceptors (Lipinski definition) is 4. The summed E-state index contributed by atoms with van der Waals surface area (Å²) in [6.07, 6.45) is 0. The zero-order valence-corrected chi connectivity index (χ0v) is 12.2. The lowest BCUT2D eigenvalue weighted by atomic mass is 10.2. The van der Waals surface area contributed by atoms with Crippen molar-refractivity contribution in [2.45, 2.75) is 6.92 Å². The first-order valence-corrected chi connectivity index (χ1v) is 6.46. The van der Waals surface area contributed by atoms with Crippen LogP contribution < -0.4 is 10.6 Å². The van der Waals surface area contributed by atoms with Crippen molar-refractivity contribution >= 4 is 39.6 Å². The number of carboxylic acid groups (broad SMARTS) is 1. The Bertz CT molecular complexity index is 533. The number of rotatable bonds is 5. The molecule has 0 radical (unpaired) electrons. The van der Waals surface area contributed by atoms with E-state index in [0.29, 0.717) is 4.47 Å². The summed E-state index contributed by atoms with van der Waals surface area (Å²) in [6.45, 7) is 1.58. The van der Waals surface area contributed by atoms with Gasteiger partial charge in [-0.3, -0.25) is 4.79 Å². The van der Waals surface area contributed by atoms with Gasteiger partial charge in [0.1, 0.15) is 6.54 Å². The summed E-state index contributed by atoms with van der Waals surface area (Å²) in [7, 11) is 0. The quantitative estimate of drug-likeness (QED) is 0.706. The van der Waals surface area contributed by atoms with Crippen LogP contribution in [-0.4, -0.2) is 36.2 Å². The SMILES string of the molecule is CCOC(=O)CNC(=O)Nc1cc(Br)ccc1C(=O)O. The smallest absolute Gasteiger partial charge is 0.337 e. The monoisotopic (exact) mass is 344 g/mol. The van der Waals surface area contributed by atoms with E-state index < -0.39 is 18.0 Å². The number of ether oxygens (including phenoxy) is 1. The van der Waals surface area contributed by atoms with Crippen LogP contribution in [0.5, 0.6) is 0 Å². The van der Waals surface area contributed by atoms with E-state index in [2.05, 4.69) is 31.3 Å². The molecule has 1 aromatic carbocycles. The molecule has 20 heavy (non-hydrogen) atoms. The Morgan fingerprint density at radius 3 is 2.65 bits per heavy atom. The molecule has 2 amide bonds. The highest BCUT2D eigenvalue weighted by Gasteiger charge is 2.13. The number of aromatic carboxylic acids is 1. The fraction of sp³-hybridized carbons (Fsp3) is 0.250. The second-order valence-corrected chi connectivity index (χ2v) is 4.52. The molecule has 0 aliphatic rings. The average Bonchev–Trinajstić information content (AvgIpc) is 2.36. The number of amides is 2. The standard InChI is InChI=1S/C12H13BrN2O5/c1-2-20-10(16)6-14-12(19)15-9-5-7(13)3-4-8(9)11(17)18/h3-5H,2,6H2,1H3,(H,17,18)(H2,14,15,19). The molecule has 0 saturated carbocycles. The fourth-order valence-corrected chi connectivity index (χ4v) is 1.70. The van der Waals surface area contributed by atoms with Crippen molar-refractivity contribution in [3.8, 4) is 0 Å². The molecular weight excluding hydrogens is 332 g/mol. The third-order valence-electron chi connectivity index (χ3n) is 2.16. The third kappa shape index (κ3) is 4.88. The first-order chi connectivity index (χ1) is 9.43. The first kappa shape index (κ1) is 16.0. The average molecular weight is 345 g/mol. The normalized spacial score (nSPS) is 9.70. The van der Waals surface area contributed by atoms with E-state index in [-0.39, 0.29) is 24.4 Å². The minimum Gasteiger partial charge on any atom is -0.478 e. The molecule has 1 aromatic rings. The number of nitrogens with one attached hydrogen (secondary N) is 2. The van der Waals surface area contributed by atoms with Gasteiger partial charge in [0.25, 0.3) is 0 Å². The molecule has 0 atom stereocenters. The summed E-state index contributed by atoms with van der Waals surface area (Å²) in [4.78, 5) is 33.6. The van der Waals surface area contributed by atoms with Gasteiger partial charge in [-0.1, -0.05) is 15.9 Å². The van der Waals surface area contributed by atoms with Crippen LogP contribution in [0.1, 0.15) is 17.3 Å². The molecular formula is C12H13BrN2O5. The van der Waals surface area contributed by atoms with Crippen LogP contribution in [-0.2, 0) is 9.53 Å². The topological polar surface area (TPSA) is 105 Å². The van der Waals surface area contributed by atoms with E-state index in [9.17, 15) is 14.4 Å². The lowest BCUT2D eigenvalue weighted by molar-refractivity contribution is -0.141. The number of carbonyl (C=O) groups is 3. The molecule has 0 saturated heterocycles. The first-order valence-electron chi connectivity index (χ1n) is 5.67. The molecule has 0 spiro atoms. The molecule has 0 fully saturated rings. The number of carbonyl (C=O) groups excluding carboxylic acids is 2. The highest BCUT2D eigenvalue weighted by Crippen LogP contribution is 2.21. The number of carboxylic acids is 1. The van der Waals surface area contributed by atoms with Crippen LogP contribution in [0, 0.1) is 0 Å². The summed E-state index contributed by atoms with van der Waals surface area (Å²) in [5.41, 5.74) is 0.0627. The molecule has 0 aliphatic heterocycles. The molecule has 1 rings (SSSR count).